The molecule has 15 heavy (non-hydrogen) atoms. The van der Waals surface area contributed by atoms with Gasteiger partial charge in [0.15, 0.2) is 0 Å². The van der Waals surface area contributed by atoms with E-state index in [9.17, 15) is 4.39 Å². The van der Waals surface area contributed by atoms with E-state index in [1.54, 1.807) is 12.1 Å². The van der Waals surface area contributed by atoms with E-state index in [1.807, 2.05) is 6.07 Å². The third kappa shape index (κ3) is 1.67. The van der Waals surface area contributed by atoms with Gasteiger partial charge in [0.05, 0.1) is 0 Å². The molecular weight excluding hydrogens is 189 g/mol. The van der Waals surface area contributed by atoms with Crippen molar-refractivity contribution in [3.8, 4) is 0 Å². The zero-order chi connectivity index (χ0) is 10.4. The first-order chi connectivity index (χ1) is 7.24. The number of halogens is 1. The molecule has 1 aliphatic carbocycles. The largest absolute Gasteiger partial charge is 0.307 e. The van der Waals surface area contributed by atoms with Gasteiger partial charge in [-0.25, -0.2) is 4.39 Å². The molecular formula is C13H16FN. The predicted molar refractivity (Wildman–Crippen MR) is 58.2 cm³/mol. The van der Waals surface area contributed by atoms with Gasteiger partial charge in [-0.15, -0.1) is 0 Å². The lowest BCUT2D eigenvalue weighted by Gasteiger charge is -2.31. The molecule has 0 bridgehead atoms. The minimum atomic E-state index is -0.101. The topological polar surface area (TPSA) is 12.0 Å². The lowest BCUT2D eigenvalue weighted by atomic mass is 9.88. The Morgan fingerprint density at radius 3 is 2.87 bits per heavy atom. The van der Waals surface area contributed by atoms with Crippen molar-refractivity contribution in [2.75, 3.05) is 0 Å². The summed E-state index contributed by atoms with van der Waals surface area (Å²) in [6.07, 6.45) is 3.61. The lowest BCUT2D eigenvalue weighted by molar-refractivity contribution is 0.388. The second-order valence-electron chi connectivity index (χ2n) is 4.93. The summed E-state index contributed by atoms with van der Waals surface area (Å²) in [6.45, 7) is 2.21. The third-order valence-electron chi connectivity index (χ3n) is 3.53. The van der Waals surface area contributed by atoms with Crippen LogP contribution in [0.5, 0.6) is 0 Å². The molecule has 0 aromatic heterocycles. The van der Waals surface area contributed by atoms with Crippen LogP contribution in [0.4, 0.5) is 4.39 Å². The minimum absolute atomic E-state index is 0.101. The second kappa shape index (κ2) is 3.31. The van der Waals surface area contributed by atoms with Crippen molar-refractivity contribution in [2.45, 2.75) is 38.3 Å². The molecule has 0 radical (unpaired) electrons. The van der Waals surface area contributed by atoms with Crippen LogP contribution in [-0.2, 0) is 6.42 Å². The zero-order valence-corrected chi connectivity index (χ0v) is 8.96. The Kier molecular flexibility index (Phi) is 2.06. The number of rotatable bonds is 1. The molecule has 1 saturated carbocycles. The van der Waals surface area contributed by atoms with E-state index in [4.69, 9.17) is 0 Å². The summed E-state index contributed by atoms with van der Waals surface area (Å²) in [6, 6.07) is 6.18. The lowest BCUT2D eigenvalue weighted by Crippen LogP contribution is -2.38. The fourth-order valence-electron chi connectivity index (χ4n) is 2.65. The van der Waals surface area contributed by atoms with Gasteiger partial charge in [0, 0.05) is 12.1 Å². The van der Waals surface area contributed by atoms with Crippen LogP contribution in [-0.4, -0.2) is 6.04 Å². The summed E-state index contributed by atoms with van der Waals surface area (Å²) in [7, 11) is 0. The average Bonchev–Trinajstić information content (AvgIpc) is 3.01. The van der Waals surface area contributed by atoms with Crippen molar-refractivity contribution in [3.05, 3.63) is 35.1 Å². The van der Waals surface area contributed by atoms with Crippen LogP contribution in [0.15, 0.2) is 18.2 Å². The monoisotopic (exact) mass is 205 g/mol. The van der Waals surface area contributed by atoms with E-state index < -0.39 is 0 Å². The number of benzene rings is 1. The van der Waals surface area contributed by atoms with E-state index in [1.165, 1.54) is 24.0 Å². The van der Waals surface area contributed by atoms with Crippen LogP contribution >= 0.6 is 0 Å². The standard InChI is InChI=1S/C13H16FN/c1-8-6-10-4-5-11(14)7-12(10)13(15-8)9-2-3-9/h4-5,7-9,13,15H,2-3,6H2,1H3. The SMILES string of the molecule is CC1Cc2ccc(F)cc2C(C2CC2)N1. The summed E-state index contributed by atoms with van der Waals surface area (Å²) in [5, 5.41) is 3.60. The molecule has 2 unspecified atom stereocenters. The van der Waals surface area contributed by atoms with Gasteiger partial charge in [-0.2, -0.15) is 0 Å². The summed E-state index contributed by atoms with van der Waals surface area (Å²) in [4.78, 5) is 0. The third-order valence-corrected chi connectivity index (χ3v) is 3.53. The van der Waals surface area contributed by atoms with Gasteiger partial charge in [-0.05, 0) is 55.4 Å². The van der Waals surface area contributed by atoms with E-state index in [-0.39, 0.29) is 5.82 Å². The highest BCUT2D eigenvalue weighted by atomic mass is 19.1. The molecule has 2 atom stereocenters. The fraction of sp³-hybridized carbons (Fsp3) is 0.538. The minimum Gasteiger partial charge on any atom is -0.307 e. The molecule has 1 aliphatic heterocycles. The predicted octanol–water partition coefficient (Wildman–Crippen LogP) is 2.81. The van der Waals surface area contributed by atoms with Gasteiger partial charge in [0.25, 0.3) is 0 Å². The first kappa shape index (κ1) is 9.34. The van der Waals surface area contributed by atoms with Gasteiger partial charge in [0.1, 0.15) is 5.82 Å². The van der Waals surface area contributed by atoms with Crippen LogP contribution in [0.1, 0.15) is 36.9 Å². The van der Waals surface area contributed by atoms with E-state index in [0.717, 1.165) is 12.3 Å². The second-order valence-corrected chi connectivity index (χ2v) is 4.93. The highest BCUT2D eigenvalue weighted by Gasteiger charge is 2.36. The summed E-state index contributed by atoms with van der Waals surface area (Å²) in [5.41, 5.74) is 2.54. The molecule has 1 nitrogen and oxygen atoms in total. The molecule has 80 valence electrons. The Labute approximate surface area is 89.7 Å². The van der Waals surface area contributed by atoms with Crippen molar-refractivity contribution < 1.29 is 4.39 Å². The van der Waals surface area contributed by atoms with Gasteiger partial charge in [-0.1, -0.05) is 6.07 Å². The Morgan fingerprint density at radius 2 is 2.13 bits per heavy atom. The van der Waals surface area contributed by atoms with E-state index >= 15 is 0 Å². The summed E-state index contributed by atoms with van der Waals surface area (Å²) >= 11 is 0. The van der Waals surface area contributed by atoms with Gasteiger partial charge in [-0.3, -0.25) is 0 Å². The molecule has 1 aromatic carbocycles. The van der Waals surface area contributed by atoms with Crippen molar-refractivity contribution in [1.29, 1.82) is 0 Å². The number of hydrogen-bond acceptors (Lipinski definition) is 1. The van der Waals surface area contributed by atoms with Crippen LogP contribution in [0.25, 0.3) is 0 Å². The molecule has 0 spiro atoms. The molecule has 2 aliphatic rings. The molecule has 1 fully saturated rings. The average molecular weight is 205 g/mol. The maximum Gasteiger partial charge on any atom is 0.123 e. The normalized spacial score (nSPS) is 30.0. The van der Waals surface area contributed by atoms with Crippen molar-refractivity contribution in [3.63, 3.8) is 0 Å². The highest BCUT2D eigenvalue weighted by Crippen LogP contribution is 2.44. The molecule has 0 saturated heterocycles. The first-order valence-electron chi connectivity index (χ1n) is 5.78. The summed E-state index contributed by atoms with van der Waals surface area (Å²) in [5.74, 6) is 0.643. The fourth-order valence-corrected chi connectivity index (χ4v) is 2.65. The van der Waals surface area contributed by atoms with E-state index in [0.29, 0.717) is 12.1 Å². The quantitative estimate of drug-likeness (QED) is 0.743. The van der Waals surface area contributed by atoms with Crippen molar-refractivity contribution in [2.24, 2.45) is 5.92 Å². The summed E-state index contributed by atoms with van der Waals surface area (Å²) < 4.78 is 13.2. The molecule has 1 heterocycles. The Morgan fingerprint density at radius 1 is 1.33 bits per heavy atom. The van der Waals surface area contributed by atoms with Crippen LogP contribution in [0.3, 0.4) is 0 Å². The Bertz CT molecular complexity index is 384. The molecule has 0 amide bonds. The molecule has 1 N–H and O–H groups in total. The van der Waals surface area contributed by atoms with Gasteiger partial charge >= 0.3 is 0 Å². The van der Waals surface area contributed by atoms with Gasteiger partial charge < -0.3 is 5.32 Å². The highest BCUT2D eigenvalue weighted by molar-refractivity contribution is 5.35. The first-order valence-corrected chi connectivity index (χ1v) is 5.78. The van der Waals surface area contributed by atoms with Crippen LogP contribution in [0.2, 0.25) is 0 Å². The number of nitrogens with one attached hydrogen (secondary N) is 1. The maximum absolute atomic E-state index is 13.2. The van der Waals surface area contributed by atoms with Crippen LogP contribution < -0.4 is 5.32 Å². The molecule has 2 heteroatoms. The Balaban J connectivity index is 2.02. The number of hydrogen-bond donors (Lipinski definition) is 1. The van der Waals surface area contributed by atoms with Crippen molar-refractivity contribution in [1.82, 2.24) is 5.32 Å². The number of fused-ring (bicyclic) bond motifs is 1. The Hall–Kier alpha value is -0.890. The smallest absolute Gasteiger partial charge is 0.123 e. The zero-order valence-electron chi connectivity index (χ0n) is 8.96. The molecule has 1 aromatic rings. The maximum atomic E-state index is 13.2. The molecule has 3 rings (SSSR count). The van der Waals surface area contributed by atoms with Gasteiger partial charge in [0.2, 0.25) is 0 Å². The van der Waals surface area contributed by atoms with Crippen LogP contribution in [0, 0.1) is 11.7 Å². The van der Waals surface area contributed by atoms with E-state index in [2.05, 4.69) is 12.2 Å². The van der Waals surface area contributed by atoms with Crippen molar-refractivity contribution >= 4 is 0 Å².